The first-order valence-corrected chi connectivity index (χ1v) is 10.6. The summed E-state index contributed by atoms with van der Waals surface area (Å²) < 4.78 is 11.4. The standard InChI is InChI=1S/C22H26N2O3S/c1-14-11-17-16(3)21(27-19(17)12-15(14)2)22(25)23-13-18(20-5-4-10-28-20)24-6-8-26-9-7-24/h4-5,10-12,18H,6-9,13H2,1-3H3,(H,23,25)/t18-/m1/s1. The highest BCUT2D eigenvalue weighted by Gasteiger charge is 2.25. The van der Waals surface area contributed by atoms with E-state index in [2.05, 4.69) is 47.6 Å². The Balaban J connectivity index is 1.53. The summed E-state index contributed by atoms with van der Waals surface area (Å²) in [5.41, 5.74) is 4.04. The van der Waals surface area contributed by atoms with Gasteiger partial charge in [0.05, 0.1) is 19.3 Å². The third kappa shape index (κ3) is 3.72. The average molecular weight is 399 g/mol. The van der Waals surface area contributed by atoms with E-state index in [1.165, 1.54) is 16.0 Å². The highest BCUT2D eigenvalue weighted by atomic mass is 32.1. The van der Waals surface area contributed by atoms with Gasteiger partial charge in [-0.15, -0.1) is 11.3 Å². The van der Waals surface area contributed by atoms with Gasteiger partial charge in [-0.05, 0) is 55.5 Å². The van der Waals surface area contributed by atoms with Gasteiger partial charge in [0.25, 0.3) is 5.91 Å². The number of benzene rings is 1. The van der Waals surface area contributed by atoms with Crippen LogP contribution in [0.25, 0.3) is 11.0 Å². The number of aryl methyl sites for hydroxylation is 3. The van der Waals surface area contributed by atoms with E-state index in [9.17, 15) is 4.79 Å². The second-order valence-electron chi connectivity index (χ2n) is 7.38. The summed E-state index contributed by atoms with van der Waals surface area (Å²) in [7, 11) is 0. The number of thiophene rings is 1. The quantitative estimate of drug-likeness (QED) is 0.699. The largest absolute Gasteiger partial charge is 0.451 e. The number of amides is 1. The van der Waals surface area contributed by atoms with Crippen molar-refractivity contribution in [2.45, 2.75) is 26.8 Å². The summed E-state index contributed by atoms with van der Waals surface area (Å²) >= 11 is 1.73. The summed E-state index contributed by atoms with van der Waals surface area (Å²) in [5, 5.41) is 6.20. The number of carbonyl (C=O) groups is 1. The molecule has 0 bridgehead atoms. The number of hydrogen-bond donors (Lipinski definition) is 1. The van der Waals surface area contributed by atoms with Crippen LogP contribution >= 0.6 is 11.3 Å². The minimum absolute atomic E-state index is 0.154. The average Bonchev–Trinajstić information content (AvgIpc) is 3.33. The highest BCUT2D eigenvalue weighted by Crippen LogP contribution is 2.29. The van der Waals surface area contributed by atoms with Crippen LogP contribution in [-0.4, -0.2) is 43.7 Å². The van der Waals surface area contributed by atoms with E-state index in [0.29, 0.717) is 12.3 Å². The van der Waals surface area contributed by atoms with Crippen molar-refractivity contribution >= 4 is 28.2 Å². The maximum absolute atomic E-state index is 12.9. The van der Waals surface area contributed by atoms with Gasteiger partial charge in [-0.2, -0.15) is 0 Å². The Morgan fingerprint density at radius 3 is 2.68 bits per heavy atom. The lowest BCUT2D eigenvalue weighted by atomic mass is 10.0. The van der Waals surface area contributed by atoms with Crippen molar-refractivity contribution in [2.24, 2.45) is 0 Å². The maximum atomic E-state index is 12.9. The fraction of sp³-hybridized carbons (Fsp3) is 0.409. The molecule has 0 aliphatic carbocycles. The zero-order valence-corrected chi connectivity index (χ0v) is 17.4. The molecule has 28 heavy (non-hydrogen) atoms. The molecule has 0 radical (unpaired) electrons. The zero-order valence-electron chi connectivity index (χ0n) is 16.6. The smallest absolute Gasteiger partial charge is 0.287 e. The van der Waals surface area contributed by atoms with Crippen LogP contribution in [0, 0.1) is 20.8 Å². The lowest BCUT2D eigenvalue weighted by molar-refractivity contribution is 0.0168. The topological polar surface area (TPSA) is 54.7 Å². The number of ether oxygens (including phenoxy) is 1. The van der Waals surface area contributed by atoms with E-state index in [1.54, 1.807) is 11.3 Å². The van der Waals surface area contributed by atoms with Gasteiger partial charge in [-0.3, -0.25) is 9.69 Å². The Morgan fingerprint density at radius 2 is 1.96 bits per heavy atom. The number of carbonyl (C=O) groups excluding carboxylic acids is 1. The first kappa shape index (κ1) is 19.2. The molecule has 148 valence electrons. The molecule has 6 heteroatoms. The molecule has 3 heterocycles. The number of hydrogen-bond acceptors (Lipinski definition) is 5. The fourth-order valence-corrected chi connectivity index (χ4v) is 4.60. The fourth-order valence-electron chi connectivity index (χ4n) is 3.74. The first-order valence-electron chi connectivity index (χ1n) is 9.68. The molecule has 0 spiro atoms. The molecule has 1 N–H and O–H groups in total. The molecule has 0 saturated carbocycles. The summed E-state index contributed by atoms with van der Waals surface area (Å²) in [6.45, 7) is 9.85. The molecule has 1 amide bonds. The van der Waals surface area contributed by atoms with Crippen LogP contribution in [0.1, 0.15) is 38.2 Å². The molecule has 1 atom stereocenters. The number of fused-ring (bicyclic) bond motifs is 1. The molecule has 3 aromatic rings. The second kappa shape index (κ2) is 8.07. The summed E-state index contributed by atoms with van der Waals surface area (Å²) in [5.74, 6) is 0.255. The lowest BCUT2D eigenvalue weighted by Gasteiger charge is -2.34. The van der Waals surface area contributed by atoms with E-state index in [-0.39, 0.29) is 11.9 Å². The van der Waals surface area contributed by atoms with E-state index in [1.807, 2.05) is 13.0 Å². The molecule has 0 unspecified atom stereocenters. The normalized spacial score (nSPS) is 16.4. The molecule has 4 rings (SSSR count). The Bertz CT molecular complexity index is 971. The van der Waals surface area contributed by atoms with Crippen molar-refractivity contribution in [1.82, 2.24) is 10.2 Å². The minimum Gasteiger partial charge on any atom is -0.451 e. The molecule has 1 aromatic carbocycles. The van der Waals surface area contributed by atoms with Crippen LogP contribution in [0.4, 0.5) is 0 Å². The highest BCUT2D eigenvalue weighted by molar-refractivity contribution is 7.10. The third-order valence-electron chi connectivity index (χ3n) is 5.57. The SMILES string of the molecule is Cc1cc2oc(C(=O)NC[C@H](c3cccs3)N3CCOCC3)c(C)c2cc1C. The minimum atomic E-state index is -0.154. The monoisotopic (exact) mass is 398 g/mol. The predicted molar refractivity (Wildman–Crippen MR) is 112 cm³/mol. The van der Waals surface area contributed by atoms with Crippen LogP contribution < -0.4 is 5.32 Å². The zero-order chi connectivity index (χ0) is 19.7. The molecule has 1 saturated heterocycles. The number of rotatable bonds is 5. The number of furan rings is 1. The lowest BCUT2D eigenvalue weighted by Crippen LogP contribution is -2.43. The van der Waals surface area contributed by atoms with Crippen LogP contribution in [0.5, 0.6) is 0 Å². The summed E-state index contributed by atoms with van der Waals surface area (Å²) in [6.07, 6.45) is 0. The van der Waals surface area contributed by atoms with Gasteiger partial charge in [-0.25, -0.2) is 0 Å². The second-order valence-corrected chi connectivity index (χ2v) is 8.36. The first-order chi connectivity index (χ1) is 13.5. The third-order valence-corrected chi connectivity index (χ3v) is 6.55. The van der Waals surface area contributed by atoms with Crippen molar-refractivity contribution in [2.75, 3.05) is 32.8 Å². The molecule has 1 fully saturated rings. The van der Waals surface area contributed by atoms with E-state index in [4.69, 9.17) is 9.15 Å². The number of nitrogens with zero attached hydrogens (tertiary/aromatic N) is 1. The summed E-state index contributed by atoms with van der Waals surface area (Å²) in [4.78, 5) is 16.6. The summed E-state index contributed by atoms with van der Waals surface area (Å²) in [6, 6.07) is 8.46. The maximum Gasteiger partial charge on any atom is 0.287 e. The Kier molecular flexibility index (Phi) is 5.53. The molecule has 1 aliphatic rings. The van der Waals surface area contributed by atoms with Gasteiger partial charge in [0, 0.05) is 35.5 Å². The Morgan fingerprint density at radius 1 is 1.21 bits per heavy atom. The van der Waals surface area contributed by atoms with Crippen LogP contribution in [-0.2, 0) is 4.74 Å². The van der Waals surface area contributed by atoms with Crippen LogP contribution in [0.3, 0.4) is 0 Å². The number of nitrogens with one attached hydrogen (secondary N) is 1. The molecule has 5 nitrogen and oxygen atoms in total. The molecular weight excluding hydrogens is 372 g/mol. The molecular formula is C22H26N2O3S. The van der Waals surface area contributed by atoms with Gasteiger partial charge >= 0.3 is 0 Å². The van der Waals surface area contributed by atoms with Crippen molar-refractivity contribution in [3.05, 3.63) is 57.0 Å². The van der Waals surface area contributed by atoms with Crippen molar-refractivity contribution in [3.63, 3.8) is 0 Å². The molecule has 2 aromatic heterocycles. The molecule has 1 aliphatic heterocycles. The van der Waals surface area contributed by atoms with Crippen LogP contribution in [0.2, 0.25) is 0 Å². The Hall–Kier alpha value is -2.15. The van der Waals surface area contributed by atoms with Gasteiger partial charge in [-0.1, -0.05) is 6.07 Å². The van der Waals surface area contributed by atoms with Gasteiger partial charge in [0.2, 0.25) is 0 Å². The van der Waals surface area contributed by atoms with E-state index >= 15 is 0 Å². The Labute approximate surface area is 169 Å². The van der Waals surface area contributed by atoms with Gasteiger partial charge in [0.15, 0.2) is 5.76 Å². The van der Waals surface area contributed by atoms with E-state index in [0.717, 1.165) is 42.8 Å². The van der Waals surface area contributed by atoms with Crippen molar-refractivity contribution in [1.29, 1.82) is 0 Å². The van der Waals surface area contributed by atoms with Gasteiger partial charge < -0.3 is 14.5 Å². The predicted octanol–water partition coefficient (Wildman–Crippen LogP) is 4.22. The van der Waals surface area contributed by atoms with Gasteiger partial charge in [0.1, 0.15) is 5.58 Å². The van der Waals surface area contributed by atoms with Crippen molar-refractivity contribution in [3.8, 4) is 0 Å². The number of morpholine rings is 1. The van der Waals surface area contributed by atoms with Crippen molar-refractivity contribution < 1.29 is 13.9 Å². The van der Waals surface area contributed by atoms with E-state index < -0.39 is 0 Å². The van der Waals surface area contributed by atoms with Crippen LogP contribution in [0.15, 0.2) is 34.1 Å².